The summed E-state index contributed by atoms with van der Waals surface area (Å²) < 4.78 is 0. The normalized spacial score (nSPS) is 19.6. The van der Waals surface area contributed by atoms with Crippen LogP contribution in [-0.4, -0.2) is 34.9 Å². The van der Waals surface area contributed by atoms with Crippen molar-refractivity contribution in [2.75, 3.05) is 13.1 Å². The first-order valence-electron chi connectivity index (χ1n) is 7.02. The van der Waals surface area contributed by atoms with Crippen molar-refractivity contribution in [2.24, 2.45) is 0 Å². The number of nitrogens with one attached hydrogen (secondary N) is 1. The fraction of sp³-hybridized carbons (Fsp3) is 0.375. The molecule has 1 atom stereocenters. The second-order valence-corrected chi connectivity index (χ2v) is 5.38. The molecule has 1 amide bonds. The monoisotopic (exact) mass is 269 g/mol. The zero-order valence-electron chi connectivity index (χ0n) is 11.9. The number of rotatable bonds is 2. The highest BCUT2D eigenvalue weighted by atomic mass is 16.2. The zero-order chi connectivity index (χ0) is 14.1. The molecule has 20 heavy (non-hydrogen) atoms. The second kappa shape index (κ2) is 5.21. The van der Waals surface area contributed by atoms with E-state index >= 15 is 0 Å². The third kappa shape index (κ3) is 2.39. The van der Waals surface area contributed by atoms with Crippen molar-refractivity contribution in [3.05, 3.63) is 41.6 Å². The number of carbonyl (C=O) groups excluding carboxylic acids is 1. The lowest BCUT2D eigenvalue weighted by Gasteiger charge is -2.31. The highest BCUT2D eigenvalue weighted by Crippen LogP contribution is 2.20. The van der Waals surface area contributed by atoms with Gasteiger partial charge < -0.3 is 10.2 Å². The maximum Gasteiger partial charge on any atom is 0.239 e. The fourth-order valence-electron chi connectivity index (χ4n) is 2.78. The van der Waals surface area contributed by atoms with Crippen LogP contribution in [0.5, 0.6) is 0 Å². The minimum absolute atomic E-state index is 0.0852. The van der Waals surface area contributed by atoms with E-state index < -0.39 is 0 Å². The van der Waals surface area contributed by atoms with Gasteiger partial charge in [-0.2, -0.15) is 0 Å². The topological polar surface area (TPSA) is 45.2 Å². The number of hydrogen-bond acceptors (Lipinski definition) is 3. The van der Waals surface area contributed by atoms with Gasteiger partial charge in [-0.3, -0.25) is 9.78 Å². The highest BCUT2D eigenvalue weighted by molar-refractivity contribution is 5.85. The number of nitrogens with zero attached hydrogens (tertiary/aromatic N) is 2. The molecule has 1 aromatic carbocycles. The van der Waals surface area contributed by atoms with Gasteiger partial charge >= 0.3 is 0 Å². The third-order valence-corrected chi connectivity index (χ3v) is 3.81. The highest BCUT2D eigenvalue weighted by Gasteiger charge is 2.24. The van der Waals surface area contributed by atoms with Crippen molar-refractivity contribution in [3.63, 3.8) is 0 Å². The summed E-state index contributed by atoms with van der Waals surface area (Å²) in [5.74, 6) is 0.176. The van der Waals surface area contributed by atoms with Gasteiger partial charge in [-0.1, -0.05) is 18.2 Å². The summed E-state index contributed by atoms with van der Waals surface area (Å²) in [6.45, 7) is 6.20. The Balaban J connectivity index is 1.96. The molecule has 104 valence electrons. The van der Waals surface area contributed by atoms with Crippen molar-refractivity contribution in [1.82, 2.24) is 15.2 Å². The Morgan fingerprint density at radius 2 is 2.20 bits per heavy atom. The number of fused-ring (bicyclic) bond motifs is 1. The molecule has 4 heteroatoms. The van der Waals surface area contributed by atoms with Gasteiger partial charge in [0.25, 0.3) is 0 Å². The molecular formula is C16H19N3O. The van der Waals surface area contributed by atoms with E-state index in [1.54, 1.807) is 0 Å². The van der Waals surface area contributed by atoms with Crippen LogP contribution in [0.1, 0.15) is 18.2 Å². The standard InChI is InChI=1S/C16H19N3O/c1-11-9-13(14-5-3-4-6-15(14)18-11)10-19-8-7-17-12(2)16(19)20/h3-6,9,12,17H,7-8,10H2,1-2H3. The molecule has 0 bridgehead atoms. The molecule has 1 saturated heterocycles. The lowest BCUT2D eigenvalue weighted by Crippen LogP contribution is -2.53. The molecule has 2 aromatic rings. The van der Waals surface area contributed by atoms with Crippen molar-refractivity contribution < 1.29 is 4.79 Å². The summed E-state index contributed by atoms with van der Waals surface area (Å²) >= 11 is 0. The number of aromatic nitrogens is 1. The Morgan fingerprint density at radius 3 is 3.05 bits per heavy atom. The van der Waals surface area contributed by atoms with Crippen LogP contribution < -0.4 is 5.32 Å². The van der Waals surface area contributed by atoms with Crippen LogP contribution in [0.2, 0.25) is 0 Å². The molecular weight excluding hydrogens is 250 g/mol. The lowest BCUT2D eigenvalue weighted by molar-refractivity contribution is -0.135. The molecule has 0 spiro atoms. The van der Waals surface area contributed by atoms with Crippen LogP contribution in [-0.2, 0) is 11.3 Å². The van der Waals surface area contributed by atoms with Crippen LogP contribution in [0.15, 0.2) is 30.3 Å². The average Bonchev–Trinajstić information content (AvgIpc) is 2.43. The SMILES string of the molecule is Cc1cc(CN2CCNC(C)C2=O)c2ccccc2n1. The van der Waals surface area contributed by atoms with Gasteiger partial charge in [-0.25, -0.2) is 0 Å². The molecule has 1 aliphatic rings. The number of para-hydroxylation sites is 1. The molecule has 3 rings (SSSR count). The predicted octanol–water partition coefficient (Wildman–Crippen LogP) is 1.86. The molecule has 0 radical (unpaired) electrons. The van der Waals surface area contributed by atoms with E-state index in [1.165, 1.54) is 5.56 Å². The fourth-order valence-corrected chi connectivity index (χ4v) is 2.78. The first-order valence-corrected chi connectivity index (χ1v) is 7.02. The summed E-state index contributed by atoms with van der Waals surface area (Å²) in [5, 5.41) is 4.33. The van der Waals surface area contributed by atoms with Crippen LogP contribution in [0.4, 0.5) is 0 Å². The Kier molecular flexibility index (Phi) is 3.40. The van der Waals surface area contributed by atoms with E-state index in [2.05, 4.69) is 22.4 Å². The van der Waals surface area contributed by atoms with Gasteiger partial charge in [0.15, 0.2) is 0 Å². The Hall–Kier alpha value is -1.94. The molecule has 0 saturated carbocycles. The van der Waals surface area contributed by atoms with E-state index in [9.17, 15) is 4.79 Å². The van der Waals surface area contributed by atoms with Crippen LogP contribution in [0.3, 0.4) is 0 Å². The number of aryl methyl sites for hydroxylation is 1. The number of benzene rings is 1. The van der Waals surface area contributed by atoms with E-state index in [4.69, 9.17) is 0 Å². The Morgan fingerprint density at radius 1 is 1.40 bits per heavy atom. The third-order valence-electron chi connectivity index (χ3n) is 3.81. The number of amides is 1. The summed E-state index contributed by atoms with van der Waals surface area (Å²) in [6.07, 6.45) is 0. The van der Waals surface area contributed by atoms with E-state index in [1.807, 2.05) is 36.9 Å². The molecule has 0 aliphatic carbocycles. The average molecular weight is 269 g/mol. The molecule has 1 N–H and O–H groups in total. The smallest absolute Gasteiger partial charge is 0.239 e. The molecule has 2 heterocycles. The first kappa shape index (κ1) is 13.1. The van der Waals surface area contributed by atoms with E-state index in [0.29, 0.717) is 6.54 Å². The summed E-state index contributed by atoms with van der Waals surface area (Å²) in [7, 11) is 0. The Bertz CT molecular complexity index is 653. The number of carbonyl (C=O) groups is 1. The molecule has 1 aromatic heterocycles. The number of piperazine rings is 1. The largest absolute Gasteiger partial charge is 0.336 e. The van der Waals surface area contributed by atoms with Crippen LogP contribution in [0, 0.1) is 6.92 Å². The van der Waals surface area contributed by atoms with Gasteiger partial charge in [0.1, 0.15) is 0 Å². The molecule has 1 aliphatic heterocycles. The van der Waals surface area contributed by atoms with Crippen LogP contribution >= 0.6 is 0 Å². The number of hydrogen-bond donors (Lipinski definition) is 1. The molecule has 1 fully saturated rings. The zero-order valence-corrected chi connectivity index (χ0v) is 11.9. The minimum Gasteiger partial charge on any atom is -0.336 e. The van der Waals surface area contributed by atoms with Gasteiger partial charge in [0.05, 0.1) is 11.6 Å². The Labute approximate surface area is 118 Å². The summed E-state index contributed by atoms with van der Waals surface area (Å²) in [5.41, 5.74) is 3.17. The predicted molar refractivity (Wildman–Crippen MR) is 79.4 cm³/mol. The van der Waals surface area contributed by atoms with Crippen molar-refractivity contribution in [1.29, 1.82) is 0 Å². The summed E-state index contributed by atoms with van der Waals surface area (Å²) in [6, 6.07) is 10.1. The van der Waals surface area contributed by atoms with Gasteiger partial charge in [0.2, 0.25) is 5.91 Å². The van der Waals surface area contributed by atoms with E-state index in [-0.39, 0.29) is 11.9 Å². The van der Waals surface area contributed by atoms with Crippen LogP contribution in [0.25, 0.3) is 10.9 Å². The van der Waals surface area contributed by atoms with Crippen molar-refractivity contribution >= 4 is 16.8 Å². The van der Waals surface area contributed by atoms with E-state index in [0.717, 1.165) is 29.7 Å². The number of pyridine rings is 1. The van der Waals surface area contributed by atoms with Crippen molar-refractivity contribution in [2.45, 2.75) is 26.4 Å². The summed E-state index contributed by atoms with van der Waals surface area (Å²) in [4.78, 5) is 18.7. The van der Waals surface area contributed by atoms with Gasteiger partial charge in [-0.15, -0.1) is 0 Å². The molecule has 1 unspecified atom stereocenters. The molecule has 4 nitrogen and oxygen atoms in total. The van der Waals surface area contributed by atoms with Crippen molar-refractivity contribution in [3.8, 4) is 0 Å². The van der Waals surface area contributed by atoms with Gasteiger partial charge in [-0.05, 0) is 31.5 Å². The minimum atomic E-state index is -0.0852. The van der Waals surface area contributed by atoms with Gasteiger partial charge in [0, 0.05) is 30.7 Å². The maximum atomic E-state index is 12.2. The maximum absolute atomic E-state index is 12.2. The lowest BCUT2D eigenvalue weighted by atomic mass is 10.1. The second-order valence-electron chi connectivity index (χ2n) is 5.38. The first-order chi connectivity index (χ1) is 9.65. The quantitative estimate of drug-likeness (QED) is 0.905.